The molecule has 0 atom stereocenters. The zero-order valence-corrected chi connectivity index (χ0v) is 14.1. The van der Waals surface area contributed by atoms with E-state index in [-0.39, 0.29) is 29.3 Å². The Morgan fingerprint density at radius 2 is 1.79 bits per heavy atom. The van der Waals surface area contributed by atoms with Gasteiger partial charge in [-0.1, -0.05) is 30.3 Å². The second-order valence-electron chi connectivity index (χ2n) is 5.50. The number of Topliss-reactive ketones (excluding diaryl/α,β-unsaturated/α-hetero) is 1. The third kappa shape index (κ3) is 3.79. The molecule has 1 heterocycles. The minimum atomic E-state index is -0.631. The summed E-state index contributed by atoms with van der Waals surface area (Å²) in [6.07, 6.45) is 1.14. The Morgan fingerprint density at radius 1 is 1.12 bits per heavy atom. The first-order chi connectivity index (χ1) is 11.5. The number of nitrogens with zero attached hydrogens (tertiary/aromatic N) is 1. The van der Waals surface area contributed by atoms with Crippen LogP contribution in [0.15, 0.2) is 30.3 Å². The van der Waals surface area contributed by atoms with Crippen molar-refractivity contribution in [2.45, 2.75) is 33.6 Å². The van der Waals surface area contributed by atoms with Crippen LogP contribution in [-0.4, -0.2) is 28.4 Å². The van der Waals surface area contributed by atoms with E-state index in [1.54, 1.807) is 13.8 Å². The van der Waals surface area contributed by atoms with E-state index < -0.39 is 5.97 Å². The number of hydrogen-bond donors (Lipinski definition) is 1. The predicted molar refractivity (Wildman–Crippen MR) is 90.4 cm³/mol. The van der Waals surface area contributed by atoms with Crippen LogP contribution in [-0.2, 0) is 17.6 Å². The van der Waals surface area contributed by atoms with E-state index in [9.17, 15) is 14.7 Å². The summed E-state index contributed by atoms with van der Waals surface area (Å²) >= 11 is 0. The van der Waals surface area contributed by atoms with Crippen LogP contribution in [0.1, 0.15) is 51.5 Å². The van der Waals surface area contributed by atoms with E-state index in [0.29, 0.717) is 24.2 Å². The summed E-state index contributed by atoms with van der Waals surface area (Å²) in [5, 5.41) is 10.2. The minimum absolute atomic E-state index is 0.0102. The summed E-state index contributed by atoms with van der Waals surface area (Å²) in [5.74, 6) is -1.27. The van der Waals surface area contributed by atoms with Gasteiger partial charge in [-0.05, 0) is 39.2 Å². The van der Waals surface area contributed by atoms with Crippen molar-refractivity contribution in [1.82, 2.24) is 4.98 Å². The molecule has 0 saturated carbocycles. The van der Waals surface area contributed by atoms with Crippen LogP contribution in [0, 0.1) is 6.92 Å². The van der Waals surface area contributed by atoms with Crippen LogP contribution in [0.2, 0.25) is 0 Å². The maximum absolute atomic E-state index is 12.3. The molecule has 0 unspecified atom stereocenters. The summed E-state index contributed by atoms with van der Waals surface area (Å²) in [6, 6.07) is 9.80. The zero-order chi connectivity index (χ0) is 17.7. The van der Waals surface area contributed by atoms with Crippen LogP contribution >= 0.6 is 0 Å². The Labute approximate surface area is 141 Å². The molecule has 0 aliphatic carbocycles. The molecule has 0 amide bonds. The largest absolute Gasteiger partial charge is 0.505 e. The molecule has 0 radical (unpaired) electrons. The Bertz CT molecular complexity index is 754. The van der Waals surface area contributed by atoms with Crippen molar-refractivity contribution in [2.75, 3.05) is 6.61 Å². The number of pyridine rings is 1. The van der Waals surface area contributed by atoms with Crippen molar-refractivity contribution in [3.63, 3.8) is 0 Å². The number of aromatic hydroxyl groups is 1. The number of rotatable bonds is 6. The van der Waals surface area contributed by atoms with Crippen molar-refractivity contribution >= 4 is 11.8 Å². The highest BCUT2D eigenvalue weighted by molar-refractivity contribution is 6.08. The van der Waals surface area contributed by atoms with Gasteiger partial charge < -0.3 is 9.84 Å². The van der Waals surface area contributed by atoms with E-state index in [0.717, 1.165) is 5.56 Å². The summed E-state index contributed by atoms with van der Waals surface area (Å²) in [6.45, 7) is 4.81. The monoisotopic (exact) mass is 327 g/mol. The maximum Gasteiger partial charge on any atom is 0.340 e. The maximum atomic E-state index is 12.3. The van der Waals surface area contributed by atoms with Gasteiger partial charge in [0, 0.05) is 0 Å². The van der Waals surface area contributed by atoms with E-state index >= 15 is 0 Å². The third-order valence-electron chi connectivity index (χ3n) is 3.75. The number of esters is 1. The van der Waals surface area contributed by atoms with Gasteiger partial charge in [-0.2, -0.15) is 0 Å². The quantitative estimate of drug-likeness (QED) is 0.651. The summed E-state index contributed by atoms with van der Waals surface area (Å²) in [5.41, 5.74) is 1.96. The smallest absolute Gasteiger partial charge is 0.340 e. The standard InChI is InChI=1S/C19H21NO4/c1-4-24-19(23)17-15(11-10-14-8-6-5-7-9-14)20-12(2)18(22)16(17)13(3)21/h5-9,22H,4,10-11H2,1-3H3. The van der Waals surface area contributed by atoms with E-state index in [4.69, 9.17) is 4.74 Å². The molecule has 0 saturated heterocycles. The van der Waals surface area contributed by atoms with Gasteiger partial charge in [-0.15, -0.1) is 0 Å². The van der Waals surface area contributed by atoms with Crippen molar-refractivity contribution in [3.8, 4) is 5.75 Å². The third-order valence-corrected chi connectivity index (χ3v) is 3.75. The molecule has 0 aliphatic rings. The Hall–Kier alpha value is -2.69. The molecule has 2 aromatic rings. The molecule has 0 aliphatic heterocycles. The van der Waals surface area contributed by atoms with Crippen molar-refractivity contribution in [1.29, 1.82) is 0 Å². The average molecular weight is 327 g/mol. The highest BCUT2D eigenvalue weighted by Crippen LogP contribution is 2.28. The van der Waals surface area contributed by atoms with Crippen LogP contribution < -0.4 is 0 Å². The number of ether oxygens (including phenoxy) is 1. The number of aromatic nitrogens is 1. The Kier molecular flexibility index (Phi) is 5.68. The topological polar surface area (TPSA) is 76.5 Å². The molecule has 0 fully saturated rings. The van der Waals surface area contributed by atoms with Crippen LogP contribution in [0.5, 0.6) is 5.75 Å². The lowest BCUT2D eigenvalue weighted by Gasteiger charge is -2.15. The van der Waals surface area contributed by atoms with Crippen LogP contribution in [0.25, 0.3) is 0 Å². The number of carbonyl (C=O) groups is 2. The second kappa shape index (κ2) is 7.73. The SMILES string of the molecule is CCOC(=O)c1c(CCc2ccccc2)nc(C)c(O)c1C(C)=O. The molecule has 0 bridgehead atoms. The molecular weight excluding hydrogens is 306 g/mol. The molecule has 1 N–H and O–H groups in total. The van der Waals surface area contributed by atoms with E-state index in [1.165, 1.54) is 6.92 Å². The molecule has 1 aromatic carbocycles. The molecule has 126 valence electrons. The molecule has 2 rings (SSSR count). The molecule has 24 heavy (non-hydrogen) atoms. The van der Waals surface area contributed by atoms with Gasteiger partial charge >= 0.3 is 5.97 Å². The molecular formula is C19H21NO4. The van der Waals surface area contributed by atoms with Gasteiger partial charge in [0.1, 0.15) is 5.75 Å². The van der Waals surface area contributed by atoms with Crippen molar-refractivity contribution in [2.24, 2.45) is 0 Å². The lowest BCUT2D eigenvalue weighted by molar-refractivity contribution is 0.0520. The summed E-state index contributed by atoms with van der Waals surface area (Å²) in [4.78, 5) is 28.7. The van der Waals surface area contributed by atoms with E-state index in [1.807, 2.05) is 30.3 Å². The van der Waals surface area contributed by atoms with E-state index in [2.05, 4.69) is 4.98 Å². The molecule has 1 aromatic heterocycles. The molecule has 5 heteroatoms. The van der Waals surface area contributed by atoms with Crippen LogP contribution in [0.4, 0.5) is 0 Å². The first-order valence-electron chi connectivity index (χ1n) is 7.90. The fourth-order valence-corrected chi connectivity index (χ4v) is 2.61. The lowest BCUT2D eigenvalue weighted by Crippen LogP contribution is -2.17. The molecule has 0 spiro atoms. The van der Waals surface area contributed by atoms with Gasteiger partial charge in [0.2, 0.25) is 0 Å². The fourth-order valence-electron chi connectivity index (χ4n) is 2.61. The second-order valence-corrected chi connectivity index (χ2v) is 5.50. The van der Waals surface area contributed by atoms with Gasteiger partial charge in [0.05, 0.1) is 29.1 Å². The first kappa shape index (κ1) is 17.7. The first-order valence-corrected chi connectivity index (χ1v) is 7.90. The Morgan fingerprint density at radius 3 is 2.38 bits per heavy atom. The highest BCUT2D eigenvalue weighted by Gasteiger charge is 2.26. The normalized spacial score (nSPS) is 10.5. The lowest BCUT2D eigenvalue weighted by atomic mass is 9.97. The van der Waals surface area contributed by atoms with Gasteiger partial charge in [-0.25, -0.2) is 4.79 Å². The number of aryl methyl sites for hydroxylation is 3. The van der Waals surface area contributed by atoms with Crippen molar-refractivity contribution < 1.29 is 19.4 Å². The number of ketones is 1. The van der Waals surface area contributed by atoms with Gasteiger partial charge in [0.15, 0.2) is 5.78 Å². The number of benzene rings is 1. The number of hydrogen-bond acceptors (Lipinski definition) is 5. The minimum Gasteiger partial charge on any atom is -0.505 e. The average Bonchev–Trinajstić information content (AvgIpc) is 2.56. The highest BCUT2D eigenvalue weighted by atomic mass is 16.5. The predicted octanol–water partition coefficient (Wildman–Crippen LogP) is 3.26. The number of carbonyl (C=O) groups excluding carboxylic acids is 2. The fraction of sp³-hybridized carbons (Fsp3) is 0.316. The Balaban J connectivity index is 2.48. The molecule has 5 nitrogen and oxygen atoms in total. The summed E-state index contributed by atoms with van der Waals surface area (Å²) in [7, 11) is 0. The van der Waals surface area contributed by atoms with Gasteiger partial charge in [-0.3, -0.25) is 9.78 Å². The van der Waals surface area contributed by atoms with Gasteiger partial charge in [0.25, 0.3) is 0 Å². The zero-order valence-electron chi connectivity index (χ0n) is 14.1. The van der Waals surface area contributed by atoms with Crippen molar-refractivity contribution in [3.05, 3.63) is 58.4 Å². The summed E-state index contributed by atoms with van der Waals surface area (Å²) < 4.78 is 5.06. The van der Waals surface area contributed by atoms with Crippen LogP contribution in [0.3, 0.4) is 0 Å².